The minimum absolute atomic E-state index is 1.18. The summed E-state index contributed by atoms with van der Waals surface area (Å²) in [5.41, 5.74) is 12.3. The third-order valence-electron chi connectivity index (χ3n) is 11.6. The van der Waals surface area contributed by atoms with Gasteiger partial charge in [0, 0.05) is 33.5 Å². The van der Waals surface area contributed by atoms with Gasteiger partial charge in [-0.2, -0.15) is 0 Å². The van der Waals surface area contributed by atoms with Crippen LogP contribution in [-0.2, 0) is 0 Å². The van der Waals surface area contributed by atoms with Crippen LogP contribution in [0, 0.1) is 27.7 Å². The largest absolute Gasteiger partial charge is 0.310 e. The molecule has 0 fully saturated rings. The summed E-state index contributed by atoms with van der Waals surface area (Å²) < 4.78 is 0. The summed E-state index contributed by atoms with van der Waals surface area (Å²) >= 11 is 0. The lowest BCUT2D eigenvalue weighted by Gasteiger charge is -2.30. The molecule has 0 heterocycles. The van der Waals surface area contributed by atoms with Gasteiger partial charge in [-0.05, 0) is 132 Å². The van der Waals surface area contributed by atoms with Crippen LogP contribution in [-0.4, -0.2) is 16.1 Å². The van der Waals surface area contributed by atoms with Crippen molar-refractivity contribution >= 4 is 93.0 Å². The van der Waals surface area contributed by atoms with Gasteiger partial charge in [0.05, 0.1) is 27.5 Å². The standard InChI is InChI=1S/C50H52N2Si2/c1-33-11-17-41(31-35(33)3)51(39-19-23-43(24-20-39)53(5,6)7)47-29-15-37-14-28-46-48(30-16-38-13-27-45(47)49(37)50(38)46)52(42-18-12-34(2)36(4)32-42)40-21-25-44(26-22-40)54(8,9)10/h11-32H,1-10H3. The maximum atomic E-state index is 2.47. The van der Waals surface area contributed by atoms with E-state index in [9.17, 15) is 0 Å². The van der Waals surface area contributed by atoms with Crippen molar-refractivity contribution < 1.29 is 0 Å². The van der Waals surface area contributed by atoms with Crippen LogP contribution < -0.4 is 20.2 Å². The van der Waals surface area contributed by atoms with E-state index in [4.69, 9.17) is 0 Å². The molecule has 0 saturated carbocycles. The van der Waals surface area contributed by atoms with E-state index in [1.165, 1.54) is 99.1 Å². The van der Waals surface area contributed by atoms with Crippen LogP contribution in [0.15, 0.2) is 133 Å². The maximum Gasteiger partial charge on any atom is 0.0775 e. The monoisotopic (exact) mass is 736 g/mol. The van der Waals surface area contributed by atoms with Crippen LogP contribution in [0.2, 0.25) is 39.3 Å². The first-order chi connectivity index (χ1) is 25.7. The lowest BCUT2D eigenvalue weighted by Crippen LogP contribution is -2.37. The molecule has 0 amide bonds. The van der Waals surface area contributed by atoms with E-state index in [0.29, 0.717) is 0 Å². The third kappa shape index (κ3) is 6.31. The van der Waals surface area contributed by atoms with E-state index in [0.717, 1.165) is 0 Å². The van der Waals surface area contributed by atoms with Crippen molar-refractivity contribution in [3.63, 3.8) is 0 Å². The summed E-state index contributed by atoms with van der Waals surface area (Å²) in [6, 6.07) is 51.1. The molecule has 0 aliphatic rings. The molecular formula is C50H52N2Si2. The van der Waals surface area contributed by atoms with Crippen LogP contribution >= 0.6 is 0 Å². The summed E-state index contributed by atoms with van der Waals surface area (Å²) in [4.78, 5) is 4.93. The van der Waals surface area contributed by atoms with Crippen molar-refractivity contribution in [3.8, 4) is 0 Å². The van der Waals surface area contributed by atoms with Crippen molar-refractivity contribution in [2.24, 2.45) is 0 Å². The van der Waals surface area contributed by atoms with E-state index in [-0.39, 0.29) is 0 Å². The zero-order valence-corrected chi connectivity index (χ0v) is 35.6. The van der Waals surface area contributed by atoms with Gasteiger partial charge in [0.15, 0.2) is 0 Å². The van der Waals surface area contributed by atoms with E-state index < -0.39 is 16.1 Å². The fourth-order valence-corrected chi connectivity index (χ4v) is 10.3. The fourth-order valence-electron chi connectivity index (χ4n) is 7.97. The van der Waals surface area contributed by atoms with Gasteiger partial charge < -0.3 is 9.80 Å². The van der Waals surface area contributed by atoms with Crippen LogP contribution in [0.5, 0.6) is 0 Å². The fraction of sp³-hybridized carbons (Fsp3) is 0.200. The van der Waals surface area contributed by atoms with Crippen LogP contribution in [0.4, 0.5) is 34.1 Å². The Hall–Kier alpha value is -5.17. The minimum Gasteiger partial charge on any atom is -0.310 e. The number of nitrogens with zero attached hydrogens (tertiary/aromatic N) is 2. The number of hydrogen-bond acceptors (Lipinski definition) is 2. The summed E-state index contributed by atoms with van der Waals surface area (Å²) in [7, 11) is -2.91. The van der Waals surface area contributed by atoms with E-state index in [1.807, 2.05) is 0 Å². The molecule has 8 rings (SSSR count). The second-order valence-corrected chi connectivity index (χ2v) is 27.5. The summed E-state index contributed by atoms with van der Waals surface area (Å²) in [6.45, 7) is 23.3. The summed E-state index contributed by atoms with van der Waals surface area (Å²) in [6.07, 6.45) is 0. The predicted molar refractivity (Wildman–Crippen MR) is 244 cm³/mol. The Morgan fingerprint density at radius 3 is 1.00 bits per heavy atom. The second kappa shape index (κ2) is 13.3. The molecular weight excluding hydrogens is 685 g/mol. The van der Waals surface area contributed by atoms with Gasteiger partial charge in [-0.15, -0.1) is 0 Å². The van der Waals surface area contributed by atoms with Crippen molar-refractivity contribution in [1.82, 2.24) is 0 Å². The molecule has 270 valence electrons. The highest BCUT2D eigenvalue weighted by atomic mass is 28.3. The molecule has 54 heavy (non-hydrogen) atoms. The molecule has 0 saturated heterocycles. The lowest BCUT2D eigenvalue weighted by atomic mass is 9.91. The van der Waals surface area contributed by atoms with Crippen molar-refractivity contribution in [1.29, 1.82) is 0 Å². The van der Waals surface area contributed by atoms with Gasteiger partial charge in [0.2, 0.25) is 0 Å². The van der Waals surface area contributed by atoms with Gasteiger partial charge in [-0.25, -0.2) is 0 Å². The van der Waals surface area contributed by atoms with Crippen molar-refractivity contribution in [2.45, 2.75) is 67.0 Å². The number of rotatable bonds is 8. The summed E-state index contributed by atoms with van der Waals surface area (Å²) in [5.74, 6) is 0. The molecule has 0 spiro atoms. The molecule has 0 atom stereocenters. The average Bonchev–Trinajstić information content (AvgIpc) is 3.14. The Labute approximate surface area is 324 Å². The van der Waals surface area contributed by atoms with Gasteiger partial charge in [0.1, 0.15) is 0 Å². The zero-order valence-electron chi connectivity index (χ0n) is 33.6. The molecule has 8 aromatic carbocycles. The highest BCUT2D eigenvalue weighted by molar-refractivity contribution is 6.89. The number of anilines is 6. The Bertz CT molecular complexity index is 2470. The van der Waals surface area contributed by atoms with Crippen LogP contribution in [0.3, 0.4) is 0 Å². The molecule has 0 aromatic heterocycles. The molecule has 0 bridgehead atoms. The quantitative estimate of drug-likeness (QED) is 0.113. The molecule has 4 heteroatoms. The van der Waals surface area contributed by atoms with E-state index in [1.54, 1.807) is 0 Å². The molecule has 0 aliphatic carbocycles. The normalized spacial score (nSPS) is 12.3. The van der Waals surface area contributed by atoms with Gasteiger partial charge >= 0.3 is 0 Å². The number of benzene rings is 8. The molecule has 0 unspecified atom stereocenters. The first kappa shape index (κ1) is 35.8. The smallest absolute Gasteiger partial charge is 0.0775 e. The lowest BCUT2D eigenvalue weighted by molar-refractivity contribution is 1.26. The second-order valence-electron chi connectivity index (χ2n) is 17.4. The van der Waals surface area contributed by atoms with Crippen LogP contribution in [0.25, 0.3) is 32.3 Å². The average molecular weight is 737 g/mol. The molecule has 0 aliphatic heterocycles. The third-order valence-corrected chi connectivity index (χ3v) is 15.7. The first-order valence-corrected chi connectivity index (χ1v) is 26.4. The van der Waals surface area contributed by atoms with Gasteiger partial charge in [0.25, 0.3) is 0 Å². The Morgan fingerprint density at radius 1 is 0.333 bits per heavy atom. The van der Waals surface area contributed by atoms with Gasteiger partial charge in [-0.3, -0.25) is 0 Å². The first-order valence-electron chi connectivity index (χ1n) is 19.4. The SMILES string of the molecule is Cc1ccc(N(c2ccc([Si](C)(C)C)cc2)c2ccc3ccc4c(N(c5ccc([Si](C)(C)C)cc5)c5ccc(C)c(C)c5)ccc5ccc2c3c54)cc1C. The molecule has 8 aromatic rings. The highest BCUT2D eigenvalue weighted by Gasteiger charge is 2.24. The van der Waals surface area contributed by atoms with E-state index >= 15 is 0 Å². The summed E-state index contributed by atoms with van der Waals surface area (Å²) in [5, 5.41) is 10.6. The zero-order chi connectivity index (χ0) is 38.1. The highest BCUT2D eigenvalue weighted by Crippen LogP contribution is 2.47. The number of aryl methyl sites for hydroxylation is 4. The van der Waals surface area contributed by atoms with Crippen molar-refractivity contribution in [3.05, 3.63) is 156 Å². The van der Waals surface area contributed by atoms with E-state index in [2.05, 4.69) is 210 Å². The molecule has 0 N–H and O–H groups in total. The van der Waals surface area contributed by atoms with Crippen LogP contribution in [0.1, 0.15) is 22.3 Å². The molecule has 2 nitrogen and oxygen atoms in total. The van der Waals surface area contributed by atoms with Crippen molar-refractivity contribution in [2.75, 3.05) is 9.80 Å². The maximum absolute atomic E-state index is 2.47. The Morgan fingerprint density at radius 2 is 0.667 bits per heavy atom. The Balaban J connectivity index is 1.38. The topological polar surface area (TPSA) is 6.48 Å². The Kier molecular flexibility index (Phi) is 8.82. The van der Waals surface area contributed by atoms with Gasteiger partial charge in [-0.1, -0.05) is 122 Å². The molecule has 0 radical (unpaired) electrons. The number of hydrogen-bond donors (Lipinski definition) is 0. The predicted octanol–water partition coefficient (Wildman–Crippen LogP) is 13.8. The minimum atomic E-state index is -1.46.